The maximum Gasteiger partial charge on any atom is 0.312 e. The van der Waals surface area contributed by atoms with Crippen LogP contribution in [0.3, 0.4) is 0 Å². The molecule has 1 saturated heterocycles. The average Bonchev–Trinajstić information content (AvgIpc) is 2.49. The van der Waals surface area contributed by atoms with E-state index in [9.17, 15) is 14.4 Å². The first-order chi connectivity index (χ1) is 8.41. The van der Waals surface area contributed by atoms with Crippen molar-refractivity contribution < 1.29 is 14.4 Å². The summed E-state index contributed by atoms with van der Waals surface area (Å²) in [6.45, 7) is 4.92. The number of hydrogen-bond donors (Lipinski definition) is 3. The lowest BCUT2D eigenvalue weighted by atomic mass is 10.0. The zero-order chi connectivity index (χ0) is 13.7. The van der Waals surface area contributed by atoms with E-state index in [1.54, 1.807) is 4.90 Å². The van der Waals surface area contributed by atoms with Gasteiger partial charge in [0.1, 0.15) is 6.04 Å². The summed E-state index contributed by atoms with van der Waals surface area (Å²) in [5.74, 6) is -0.313. The van der Waals surface area contributed by atoms with E-state index in [0.29, 0.717) is 19.6 Å². The second kappa shape index (κ2) is 6.23. The van der Waals surface area contributed by atoms with Gasteiger partial charge in [0.15, 0.2) is 0 Å². The fraction of sp³-hybridized carbons (Fsp3) is 0.727. The highest BCUT2D eigenvalue weighted by atomic mass is 16.2. The van der Waals surface area contributed by atoms with E-state index in [2.05, 4.69) is 10.6 Å². The number of carbonyl (C=O) groups is 3. The van der Waals surface area contributed by atoms with Crippen LogP contribution in [0.25, 0.3) is 0 Å². The molecule has 102 valence electrons. The molecule has 0 bridgehead atoms. The summed E-state index contributed by atoms with van der Waals surface area (Å²) in [4.78, 5) is 35.9. The molecular formula is C11H20N4O3. The first kappa shape index (κ1) is 14.3. The topological polar surface area (TPSA) is 105 Å². The Kier molecular flexibility index (Phi) is 4.94. The standard InChI is InChI=1S/C11H20N4O3/c1-7(2)9(14-11(12)18)10(17)15-5-3-8(16)13-4-6-15/h7,9H,3-6H2,1-2H3,(H,13,16)(H3,12,14,18). The van der Waals surface area contributed by atoms with Crippen LogP contribution in [-0.2, 0) is 9.59 Å². The molecule has 1 aliphatic rings. The van der Waals surface area contributed by atoms with E-state index in [-0.39, 0.29) is 24.2 Å². The van der Waals surface area contributed by atoms with Crippen molar-refractivity contribution in [2.75, 3.05) is 19.6 Å². The smallest absolute Gasteiger partial charge is 0.312 e. The van der Waals surface area contributed by atoms with Crippen molar-refractivity contribution in [3.63, 3.8) is 0 Å². The number of amides is 4. The number of nitrogens with two attached hydrogens (primary N) is 1. The molecule has 0 spiro atoms. The first-order valence-electron chi connectivity index (χ1n) is 6.03. The van der Waals surface area contributed by atoms with Crippen LogP contribution in [0.1, 0.15) is 20.3 Å². The van der Waals surface area contributed by atoms with Gasteiger partial charge < -0.3 is 21.3 Å². The SMILES string of the molecule is CC(C)C(NC(N)=O)C(=O)N1CCNC(=O)CC1. The molecule has 4 N–H and O–H groups in total. The molecule has 1 fully saturated rings. The number of primary amides is 1. The van der Waals surface area contributed by atoms with E-state index in [1.165, 1.54) is 0 Å². The summed E-state index contributed by atoms with van der Waals surface area (Å²) in [7, 11) is 0. The van der Waals surface area contributed by atoms with Gasteiger partial charge in [-0.05, 0) is 5.92 Å². The van der Waals surface area contributed by atoms with Crippen LogP contribution in [0.2, 0.25) is 0 Å². The van der Waals surface area contributed by atoms with Gasteiger partial charge in [0, 0.05) is 26.1 Å². The first-order valence-corrected chi connectivity index (χ1v) is 6.03. The lowest BCUT2D eigenvalue weighted by Gasteiger charge is -2.27. The fourth-order valence-electron chi connectivity index (χ4n) is 1.85. The molecule has 0 aromatic heterocycles. The summed E-state index contributed by atoms with van der Waals surface area (Å²) in [5.41, 5.74) is 5.06. The molecule has 7 nitrogen and oxygen atoms in total. The highest BCUT2D eigenvalue weighted by molar-refractivity contribution is 5.87. The highest BCUT2D eigenvalue weighted by Crippen LogP contribution is 2.08. The van der Waals surface area contributed by atoms with Gasteiger partial charge in [0.05, 0.1) is 0 Å². The second-order valence-corrected chi connectivity index (χ2v) is 4.66. The summed E-state index contributed by atoms with van der Waals surface area (Å²) >= 11 is 0. The quantitative estimate of drug-likeness (QED) is 0.605. The minimum absolute atomic E-state index is 0.0584. The zero-order valence-corrected chi connectivity index (χ0v) is 10.7. The van der Waals surface area contributed by atoms with E-state index < -0.39 is 12.1 Å². The Morgan fingerprint density at radius 2 is 2.06 bits per heavy atom. The van der Waals surface area contributed by atoms with Crippen LogP contribution in [-0.4, -0.2) is 48.4 Å². The van der Waals surface area contributed by atoms with Crippen molar-refractivity contribution in [2.45, 2.75) is 26.3 Å². The Labute approximate surface area is 106 Å². The third kappa shape index (κ3) is 3.90. The van der Waals surface area contributed by atoms with Crippen molar-refractivity contribution in [2.24, 2.45) is 11.7 Å². The third-order valence-corrected chi connectivity index (χ3v) is 2.85. The van der Waals surface area contributed by atoms with Gasteiger partial charge in [-0.3, -0.25) is 9.59 Å². The minimum Gasteiger partial charge on any atom is -0.354 e. The monoisotopic (exact) mass is 256 g/mol. The van der Waals surface area contributed by atoms with Gasteiger partial charge >= 0.3 is 6.03 Å². The maximum absolute atomic E-state index is 12.3. The molecule has 1 aliphatic heterocycles. The van der Waals surface area contributed by atoms with Crippen molar-refractivity contribution in [3.8, 4) is 0 Å². The second-order valence-electron chi connectivity index (χ2n) is 4.66. The largest absolute Gasteiger partial charge is 0.354 e. The fourth-order valence-corrected chi connectivity index (χ4v) is 1.85. The number of rotatable bonds is 3. The van der Waals surface area contributed by atoms with Crippen molar-refractivity contribution >= 4 is 17.8 Å². The Morgan fingerprint density at radius 1 is 1.39 bits per heavy atom. The van der Waals surface area contributed by atoms with Crippen LogP contribution in [0.15, 0.2) is 0 Å². The number of nitrogens with zero attached hydrogens (tertiary/aromatic N) is 1. The Hall–Kier alpha value is -1.79. The van der Waals surface area contributed by atoms with E-state index in [0.717, 1.165) is 0 Å². The zero-order valence-electron chi connectivity index (χ0n) is 10.7. The van der Waals surface area contributed by atoms with Gasteiger partial charge in [0.2, 0.25) is 11.8 Å². The molecule has 0 aliphatic carbocycles. The molecule has 0 saturated carbocycles. The minimum atomic E-state index is -0.717. The van der Waals surface area contributed by atoms with Crippen LogP contribution < -0.4 is 16.4 Å². The lowest BCUT2D eigenvalue weighted by Crippen LogP contribution is -2.53. The number of urea groups is 1. The summed E-state index contributed by atoms with van der Waals surface area (Å²) in [6, 6.07) is -1.36. The molecule has 18 heavy (non-hydrogen) atoms. The summed E-state index contributed by atoms with van der Waals surface area (Å²) in [6.07, 6.45) is 0.285. The maximum atomic E-state index is 12.3. The van der Waals surface area contributed by atoms with Crippen LogP contribution >= 0.6 is 0 Å². The third-order valence-electron chi connectivity index (χ3n) is 2.85. The molecule has 7 heteroatoms. The molecule has 0 radical (unpaired) electrons. The molecule has 1 unspecified atom stereocenters. The summed E-state index contributed by atoms with van der Waals surface area (Å²) in [5, 5.41) is 5.14. The Morgan fingerprint density at radius 3 is 2.61 bits per heavy atom. The molecule has 0 aromatic rings. The lowest BCUT2D eigenvalue weighted by molar-refractivity contribution is -0.134. The predicted octanol–water partition coefficient (Wildman–Crippen LogP) is -0.972. The Bertz CT molecular complexity index is 343. The molecule has 1 atom stereocenters. The van der Waals surface area contributed by atoms with Crippen LogP contribution in [0.5, 0.6) is 0 Å². The average molecular weight is 256 g/mol. The van der Waals surface area contributed by atoms with Gasteiger partial charge in [0.25, 0.3) is 0 Å². The van der Waals surface area contributed by atoms with Gasteiger partial charge in [-0.1, -0.05) is 13.8 Å². The molecule has 4 amide bonds. The van der Waals surface area contributed by atoms with E-state index >= 15 is 0 Å². The van der Waals surface area contributed by atoms with E-state index in [1.807, 2.05) is 13.8 Å². The van der Waals surface area contributed by atoms with Crippen molar-refractivity contribution in [1.82, 2.24) is 15.5 Å². The van der Waals surface area contributed by atoms with E-state index in [4.69, 9.17) is 5.73 Å². The molecule has 1 rings (SSSR count). The molecular weight excluding hydrogens is 236 g/mol. The van der Waals surface area contributed by atoms with Crippen LogP contribution in [0.4, 0.5) is 4.79 Å². The van der Waals surface area contributed by atoms with Crippen LogP contribution in [0, 0.1) is 5.92 Å². The van der Waals surface area contributed by atoms with Crippen molar-refractivity contribution in [1.29, 1.82) is 0 Å². The predicted molar refractivity (Wildman–Crippen MR) is 65.6 cm³/mol. The van der Waals surface area contributed by atoms with Gasteiger partial charge in [-0.15, -0.1) is 0 Å². The van der Waals surface area contributed by atoms with Gasteiger partial charge in [-0.2, -0.15) is 0 Å². The number of nitrogens with one attached hydrogen (secondary N) is 2. The summed E-state index contributed by atoms with van der Waals surface area (Å²) < 4.78 is 0. The van der Waals surface area contributed by atoms with Gasteiger partial charge in [-0.25, -0.2) is 4.79 Å². The normalized spacial score (nSPS) is 17.9. The highest BCUT2D eigenvalue weighted by Gasteiger charge is 2.29. The molecule has 1 heterocycles. The number of hydrogen-bond acceptors (Lipinski definition) is 3. The Balaban J connectivity index is 2.69. The molecule has 0 aromatic carbocycles. The number of carbonyl (C=O) groups excluding carboxylic acids is 3. The van der Waals surface area contributed by atoms with Crippen molar-refractivity contribution in [3.05, 3.63) is 0 Å².